The molecule has 1 amide bonds. The molecule has 28 heavy (non-hydrogen) atoms. The summed E-state index contributed by atoms with van der Waals surface area (Å²) in [6, 6.07) is 11.7. The van der Waals surface area contributed by atoms with Crippen LogP contribution in [-0.2, 0) is 0 Å². The number of amides is 1. The second kappa shape index (κ2) is 6.90. The summed E-state index contributed by atoms with van der Waals surface area (Å²) in [6.45, 7) is 3.65. The van der Waals surface area contributed by atoms with Gasteiger partial charge in [0.2, 0.25) is 0 Å². The minimum Gasteiger partial charge on any atom is -0.322 e. The fourth-order valence-corrected chi connectivity index (χ4v) is 3.81. The number of imidazole rings is 1. The monoisotopic (exact) mass is 392 g/mol. The Morgan fingerprint density at radius 3 is 2.57 bits per heavy atom. The lowest BCUT2D eigenvalue weighted by Gasteiger charge is -2.07. The molecule has 4 rings (SSSR count). The summed E-state index contributed by atoms with van der Waals surface area (Å²) in [5.41, 5.74) is 4.43. The summed E-state index contributed by atoms with van der Waals surface area (Å²) >= 11 is 1.60. The first-order valence-corrected chi connectivity index (χ1v) is 9.40. The predicted molar refractivity (Wildman–Crippen MR) is 109 cm³/mol. The van der Waals surface area contributed by atoms with E-state index in [0.717, 1.165) is 21.9 Å². The number of fused-ring (bicyclic) bond motifs is 1. The van der Waals surface area contributed by atoms with E-state index >= 15 is 0 Å². The molecule has 0 atom stereocenters. The van der Waals surface area contributed by atoms with Crippen LogP contribution in [0.5, 0.6) is 0 Å². The predicted octanol–water partition coefficient (Wildman–Crippen LogP) is 4.84. The normalized spacial score (nSPS) is 10.9. The van der Waals surface area contributed by atoms with Gasteiger partial charge in [0.1, 0.15) is 0 Å². The maximum atomic E-state index is 12.4. The Balaban J connectivity index is 1.52. The number of benzene rings is 2. The molecule has 1 N–H and O–H groups in total. The fourth-order valence-electron chi connectivity index (χ4n) is 2.96. The van der Waals surface area contributed by atoms with E-state index in [-0.39, 0.29) is 11.6 Å². The lowest BCUT2D eigenvalue weighted by atomic mass is 10.1. The molecule has 0 aliphatic carbocycles. The third-order valence-corrected chi connectivity index (χ3v) is 5.44. The number of nitrogens with one attached hydrogen (secondary N) is 1. The Morgan fingerprint density at radius 2 is 1.93 bits per heavy atom. The summed E-state index contributed by atoms with van der Waals surface area (Å²) < 4.78 is 2.05. The van der Waals surface area contributed by atoms with Crippen LogP contribution in [0.1, 0.15) is 21.6 Å². The van der Waals surface area contributed by atoms with E-state index in [1.165, 1.54) is 18.2 Å². The molecular formula is C20H16N4O3S. The molecule has 7 nitrogen and oxygen atoms in total. The molecule has 0 aliphatic heterocycles. The zero-order chi connectivity index (χ0) is 19.8. The van der Waals surface area contributed by atoms with Gasteiger partial charge in [0, 0.05) is 45.7 Å². The molecule has 0 unspecified atom stereocenters. The van der Waals surface area contributed by atoms with Crippen LogP contribution >= 0.6 is 11.3 Å². The highest BCUT2D eigenvalue weighted by molar-refractivity contribution is 7.15. The maximum absolute atomic E-state index is 12.4. The smallest absolute Gasteiger partial charge is 0.272 e. The fraction of sp³-hybridized carbons (Fsp3) is 0.100. The molecule has 0 aliphatic rings. The van der Waals surface area contributed by atoms with Crippen molar-refractivity contribution >= 4 is 33.6 Å². The summed E-state index contributed by atoms with van der Waals surface area (Å²) in [7, 11) is 0. The summed E-state index contributed by atoms with van der Waals surface area (Å²) in [5, 5.41) is 15.8. The number of hydrogen-bond donors (Lipinski definition) is 1. The molecule has 0 saturated heterocycles. The highest BCUT2D eigenvalue weighted by Crippen LogP contribution is 2.25. The van der Waals surface area contributed by atoms with Gasteiger partial charge in [0.25, 0.3) is 11.6 Å². The van der Waals surface area contributed by atoms with E-state index in [1.807, 2.05) is 41.8 Å². The summed E-state index contributed by atoms with van der Waals surface area (Å²) in [6.07, 6.45) is 1.99. The van der Waals surface area contributed by atoms with E-state index in [2.05, 4.69) is 15.7 Å². The lowest BCUT2D eigenvalue weighted by molar-refractivity contribution is -0.385. The van der Waals surface area contributed by atoms with E-state index in [1.54, 1.807) is 18.3 Å². The highest BCUT2D eigenvalue weighted by Gasteiger charge is 2.14. The number of carbonyl (C=O) groups excluding carboxylic acids is 1. The molecule has 8 heteroatoms. The number of hydrogen-bond acceptors (Lipinski definition) is 5. The molecule has 2 aromatic heterocycles. The van der Waals surface area contributed by atoms with Crippen molar-refractivity contribution in [2.75, 3.05) is 5.32 Å². The van der Waals surface area contributed by atoms with E-state index in [0.29, 0.717) is 16.8 Å². The van der Waals surface area contributed by atoms with Gasteiger partial charge < -0.3 is 5.32 Å². The minimum absolute atomic E-state index is 0.00360. The Hall–Kier alpha value is -3.52. The lowest BCUT2D eigenvalue weighted by Crippen LogP contribution is -2.12. The van der Waals surface area contributed by atoms with E-state index in [9.17, 15) is 14.9 Å². The molecule has 2 aromatic carbocycles. The number of nitrogens with zero attached hydrogens (tertiary/aromatic N) is 3. The van der Waals surface area contributed by atoms with Crippen molar-refractivity contribution in [3.05, 3.63) is 81.0 Å². The number of nitro groups is 1. The van der Waals surface area contributed by atoms with Crippen molar-refractivity contribution in [1.82, 2.24) is 9.38 Å². The van der Waals surface area contributed by atoms with Crippen LogP contribution < -0.4 is 5.32 Å². The zero-order valence-corrected chi connectivity index (χ0v) is 16.0. The quantitative estimate of drug-likeness (QED) is 0.397. The zero-order valence-electron chi connectivity index (χ0n) is 15.2. The average molecular weight is 392 g/mol. The molecule has 140 valence electrons. The third-order valence-electron chi connectivity index (χ3n) is 4.48. The number of rotatable bonds is 4. The maximum Gasteiger partial charge on any atom is 0.272 e. The van der Waals surface area contributed by atoms with Crippen molar-refractivity contribution in [3.63, 3.8) is 0 Å². The Morgan fingerprint density at radius 1 is 1.18 bits per heavy atom. The van der Waals surface area contributed by atoms with Crippen LogP contribution in [0.4, 0.5) is 11.4 Å². The van der Waals surface area contributed by atoms with Crippen LogP contribution in [0.3, 0.4) is 0 Å². The van der Waals surface area contributed by atoms with Gasteiger partial charge in [0.05, 0.1) is 10.6 Å². The first kappa shape index (κ1) is 17.9. The minimum atomic E-state index is -0.461. The number of carbonyl (C=O) groups is 1. The second-order valence-electron chi connectivity index (χ2n) is 6.45. The van der Waals surface area contributed by atoms with Crippen molar-refractivity contribution in [3.8, 4) is 11.3 Å². The third kappa shape index (κ3) is 3.25. The number of anilines is 1. The van der Waals surface area contributed by atoms with Crippen LogP contribution in [0.25, 0.3) is 16.2 Å². The topological polar surface area (TPSA) is 89.5 Å². The molecule has 4 aromatic rings. The van der Waals surface area contributed by atoms with Crippen LogP contribution in [0.2, 0.25) is 0 Å². The SMILES string of the molecule is Cc1cc(C(=O)Nc2ccc(-c3cn4c(C)csc4n3)cc2)ccc1[N+](=O)[O-]. The van der Waals surface area contributed by atoms with Gasteiger partial charge in [-0.15, -0.1) is 11.3 Å². The van der Waals surface area contributed by atoms with Crippen LogP contribution in [0, 0.1) is 24.0 Å². The van der Waals surface area contributed by atoms with Gasteiger partial charge in [-0.25, -0.2) is 4.98 Å². The molecule has 0 bridgehead atoms. The van der Waals surface area contributed by atoms with Crippen molar-refractivity contribution < 1.29 is 9.72 Å². The van der Waals surface area contributed by atoms with Crippen LogP contribution in [0.15, 0.2) is 54.0 Å². The number of aromatic nitrogens is 2. The van der Waals surface area contributed by atoms with E-state index in [4.69, 9.17) is 0 Å². The molecule has 2 heterocycles. The first-order valence-electron chi connectivity index (χ1n) is 8.52. The van der Waals surface area contributed by atoms with E-state index < -0.39 is 4.92 Å². The van der Waals surface area contributed by atoms with Gasteiger partial charge in [-0.1, -0.05) is 12.1 Å². The van der Waals surface area contributed by atoms with Gasteiger partial charge in [-0.3, -0.25) is 19.3 Å². The van der Waals surface area contributed by atoms with Crippen molar-refractivity contribution in [1.29, 1.82) is 0 Å². The Kier molecular flexibility index (Phi) is 4.40. The summed E-state index contributed by atoms with van der Waals surface area (Å²) in [5.74, 6) is -0.316. The Bertz CT molecular complexity index is 1210. The molecule has 0 fully saturated rings. The largest absolute Gasteiger partial charge is 0.322 e. The number of nitro benzene ring substituents is 1. The van der Waals surface area contributed by atoms with Gasteiger partial charge >= 0.3 is 0 Å². The average Bonchev–Trinajstić information content (AvgIpc) is 3.24. The molecular weight excluding hydrogens is 376 g/mol. The standard InChI is InChI=1S/C20H16N4O3S/c1-12-9-15(5-8-18(12)24(26)27)19(25)21-16-6-3-14(4-7-16)17-10-23-13(2)11-28-20(23)22-17/h3-11H,1-2H3,(H,21,25). The number of aryl methyl sites for hydroxylation is 2. The molecule has 0 spiro atoms. The van der Waals surface area contributed by atoms with Crippen LogP contribution in [-0.4, -0.2) is 20.2 Å². The van der Waals surface area contributed by atoms with Gasteiger partial charge in [-0.2, -0.15) is 0 Å². The van der Waals surface area contributed by atoms with Crippen molar-refractivity contribution in [2.24, 2.45) is 0 Å². The molecule has 0 radical (unpaired) electrons. The van der Waals surface area contributed by atoms with Gasteiger partial charge in [0.15, 0.2) is 4.96 Å². The van der Waals surface area contributed by atoms with Crippen molar-refractivity contribution in [2.45, 2.75) is 13.8 Å². The second-order valence-corrected chi connectivity index (χ2v) is 7.28. The first-order chi connectivity index (χ1) is 13.4. The summed E-state index contributed by atoms with van der Waals surface area (Å²) in [4.78, 5) is 28.4. The highest BCUT2D eigenvalue weighted by atomic mass is 32.1. The van der Waals surface area contributed by atoms with Gasteiger partial charge in [-0.05, 0) is 38.1 Å². The number of thiazole rings is 1. The molecule has 0 saturated carbocycles. The Labute approximate surface area is 164 Å².